The van der Waals surface area contributed by atoms with Crippen molar-refractivity contribution in [2.75, 3.05) is 0 Å². The van der Waals surface area contributed by atoms with Gasteiger partial charge in [-0.1, -0.05) is 17.7 Å². The maximum Gasteiger partial charge on any atom is 0.123 e. The van der Waals surface area contributed by atoms with Crippen molar-refractivity contribution >= 4 is 10.8 Å². The van der Waals surface area contributed by atoms with Crippen molar-refractivity contribution in [2.45, 2.75) is 16.7 Å². The largest absolute Gasteiger partial charge is 0.249 e. The molecule has 0 bridgehead atoms. The molecule has 3 heteroatoms. The van der Waals surface area contributed by atoms with Gasteiger partial charge in [0.25, 0.3) is 0 Å². The van der Waals surface area contributed by atoms with Crippen molar-refractivity contribution in [1.82, 2.24) is 0 Å². The van der Waals surface area contributed by atoms with E-state index in [-0.39, 0.29) is 5.82 Å². The second kappa shape index (κ2) is 4.58. The van der Waals surface area contributed by atoms with Crippen LogP contribution in [0.15, 0.2) is 58.3 Å². The Labute approximate surface area is 96.4 Å². The van der Waals surface area contributed by atoms with Gasteiger partial charge in [-0.3, -0.25) is 0 Å². The molecule has 16 heavy (non-hydrogen) atoms. The molecule has 0 aliphatic rings. The molecule has 0 fully saturated rings. The number of aryl methyl sites for hydroxylation is 1. The summed E-state index contributed by atoms with van der Waals surface area (Å²) in [5.41, 5.74) is 1.12. The van der Waals surface area contributed by atoms with Crippen LogP contribution in [0.5, 0.6) is 0 Å². The third-order valence-electron chi connectivity index (χ3n) is 2.26. The van der Waals surface area contributed by atoms with Crippen LogP contribution in [0.25, 0.3) is 0 Å². The molecular formula is C13H11FOS. The average Bonchev–Trinajstić information content (AvgIpc) is 2.30. The van der Waals surface area contributed by atoms with E-state index in [0.29, 0.717) is 4.90 Å². The average molecular weight is 234 g/mol. The molecule has 0 aliphatic heterocycles. The fourth-order valence-corrected chi connectivity index (χ4v) is 2.39. The molecule has 0 saturated carbocycles. The molecule has 0 radical (unpaired) electrons. The van der Waals surface area contributed by atoms with E-state index in [1.54, 1.807) is 12.1 Å². The van der Waals surface area contributed by atoms with Crippen LogP contribution in [0.2, 0.25) is 0 Å². The summed E-state index contributed by atoms with van der Waals surface area (Å²) in [5, 5.41) is 0. The van der Waals surface area contributed by atoms with Crippen LogP contribution in [-0.4, -0.2) is 4.21 Å². The summed E-state index contributed by atoms with van der Waals surface area (Å²) in [4.78, 5) is 1.35. The molecule has 2 rings (SSSR count). The van der Waals surface area contributed by atoms with Crippen LogP contribution in [0, 0.1) is 12.7 Å². The third-order valence-corrected chi connectivity index (χ3v) is 3.66. The van der Waals surface area contributed by atoms with Crippen molar-refractivity contribution in [3.8, 4) is 0 Å². The van der Waals surface area contributed by atoms with E-state index < -0.39 is 10.8 Å². The minimum atomic E-state index is -1.23. The highest BCUT2D eigenvalue weighted by Gasteiger charge is 2.06. The topological polar surface area (TPSA) is 17.1 Å². The van der Waals surface area contributed by atoms with Crippen LogP contribution in [-0.2, 0) is 10.8 Å². The normalized spacial score (nSPS) is 12.4. The Balaban J connectivity index is 2.32. The Bertz CT molecular complexity index is 455. The van der Waals surface area contributed by atoms with Crippen molar-refractivity contribution in [3.63, 3.8) is 0 Å². The molecule has 0 aromatic heterocycles. The number of hydrogen-bond acceptors (Lipinski definition) is 1. The fourth-order valence-electron chi connectivity index (χ4n) is 1.36. The Hall–Kier alpha value is -1.48. The Morgan fingerprint density at radius 2 is 1.31 bits per heavy atom. The molecule has 82 valence electrons. The molecule has 2 aromatic carbocycles. The van der Waals surface area contributed by atoms with Crippen molar-refractivity contribution < 1.29 is 8.60 Å². The van der Waals surface area contributed by atoms with Gasteiger partial charge in [0.1, 0.15) is 5.82 Å². The van der Waals surface area contributed by atoms with Gasteiger partial charge in [0.05, 0.1) is 10.8 Å². The smallest absolute Gasteiger partial charge is 0.123 e. The first kappa shape index (κ1) is 11.0. The predicted molar refractivity (Wildman–Crippen MR) is 62.3 cm³/mol. The van der Waals surface area contributed by atoms with Crippen molar-refractivity contribution in [3.05, 3.63) is 59.9 Å². The molecule has 1 atom stereocenters. The van der Waals surface area contributed by atoms with Gasteiger partial charge < -0.3 is 0 Å². The number of benzene rings is 2. The van der Waals surface area contributed by atoms with Gasteiger partial charge in [-0.2, -0.15) is 0 Å². The molecule has 2 aromatic rings. The van der Waals surface area contributed by atoms with Crippen molar-refractivity contribution in [2.24, 2.45) is 0 Å². The monoisotopic (exact) mass is 234 g/mol. The summed E-state index contributed by atoms with van der Waals surface area (Å²) < 4.78 is 24.8. The molecule has 1 nitrogen and oxygen atoms in total. The SMILES string of the molecule is Cc1ccc(S(=O)c2ccc(F)cc2)cc1. The van der Waals surface area contributed by atoms with Crippen LogP contribution in [0.3, 0.4) is 0 Å². The lowest BCUT2D eigenvalue weighted by atomic mass is 10.2. The maximum absolute atomic E-state index is 12.7. The zero-order valence-electron chi connectivity index (χ0n) is 8.81. The highest BCUT2D eigenvalue weighted by atomic mass is 32.2. The molecule has 0 aliphatic carbocycles. The van der Waals surface area contributed by atoms with E-state index >= 15 is 0 Å². The first-order valence-electron chi connectivity index (χ1n) is 4.91. The first-order valence-corrected chi connectivity index (χ1v) is 6.06. The summed E-state index contributed by atoms with van der Waals surface area (Å²) in [6.45, 7) is 1.98. The molecule has 0 heterocycles. The van der Waals surface area contributed by atoms with E-state index in [0.717, 1.165) is 10.5 Å². The lowest BCUT2D eigenvalue weighted by Gasteiger charge is -2.02. The molecular weight excluding hydrogens is 223 g/mol. The summed E-state index contributed by atoms with van der Waals surface area (Å²) in [5.74, 6) is -0.315. The summed E-state index contributed by atoms with van der Waals surface area (Å²) in [6.07, 6.45) is 0. The quantitative estimate of drug-likeness (QED) is 0.779. The van der Waals surface area contributed by atoms with Gasteiger partial charge >= 0.3 is 0 Å². The maximum atomic E-state index is 12.7. The predicted octanol–water partition coefficient (Wildman–Crippen LogP) is 3.30. The van der Waals surface area contributed by atoms with Crippen LogP contribution < -0.4 is 0 Å². The van der Waals surface area contributed by atoms with Crippen LogP contribution in [0.4, 0.5) is 4.39 Å². The number of hydrogen-bond donors (Lipinski definition) is 0. The van der Waals surface area contributed by atoms with Crippen molar-refractivity contribution in [1.29, 1.82) is 0 Å². The van der Waals surface area contributed by atoms with E-state index in [4.69, 9.17) is 0 Å². The minimum absolute atomic E-state index is 0.315. The molecule has 0 saturated heterocycles. The highest BCUT2D eigenvalue weighted by molar-refractivity contribution is 7.85. The molecule has 0 spiro atoms. The van der Waals surface area contributed by atoms with Gasteiger partial charge in [-0.15, -0.1) is 0 Å². The molecule has 0 amide bonds. The van der Waals surface area contributed by atoms with Gasteiger partial charge in [0, 0.05) is 9.79 Å². The standard InChI is InChI=1S/C13H11FOS/c1-10-2-6-12(7-3-10)16(15)13-8-4-11(14)5-9-13/h2-9H,1H3. The van der Waals surface area contributed by atoms with Gasteiger partial charge in [-0.25, -0.2) is 8.60 Å². The Kier molecular flexibility index (Phi) is 3.15. The highest BCUT2D eigenvalue weighted by Crippen LogP contribution is 2.17. The van der Waals surface area contributed by atoms with Crippen LogP contribution >= 0.6 is 0 Å². The van der Waals surface area contributed by atoms with Crippen LogP contribution in [0.1, 0.15) is 5.56 Å². The first-order chi connectivity index (χ1) is 7.66. The third kappa shape index (κ3) is 2.36. The second-order valence-corrected chi connectivity index (χ2v) is 5.02. The van der Waals surface area contributed by atoms with Gasteiger partial charge in [-0.05, 0) is 43.3 Å². The zero-order chi connectivity index (χ0) is 11.5. The van der Waals surface area contributed by atoms with Gasteiger partial charge in [0.2, 0.25) is 0 Å². The molecule has 0 N–H and O–H groups in total. The fraction of sp³-hybridized carbons (Fsp3) is 0.0769. The lowest BCUT2D eigenvalue weighted by Crippen LogP contribution is -1.92. The lowest BCUT2D eigenvalue weighted by molar-refractivity contribution is 0.626. The van der Waals surface area contributed by atoms with E-state index in [1.165, 1.54) is 12.1 Å². The second-order valence-electron chi connectivity index (χ2n) is 3.54. The summed E-state index contributed by atoms with van der Waals surface area (Å²) in [7, 11) is -1.23. The van der Waals surface area contributed by atoms with E-state index in [1.807, 2.05) is 31.2 Å². The number of halogens is 1. The molecule has 1 unspecified atom stereocenters. The Morgan fingerprint density at radius 3 is 1.81 bits per heavy atom. The van der Waals surface area contributed by atoms with Gasteiger partial charge in [0.15, 0.2) is 0 Å². The Morgan fingerprint density at radius 1 is 0.875 bits per heavy atom. The zero-order valence-corrected chi connectivity index (χ0v) is 9.63. The number of rotatable bonds is 2. The van der Waals surface area contributed by atoms with E-state index in [9.17, 15) is 8.60 Å². The minimum Gasteiger partial charge on any atom is -0.249 e. The van der Waals surface area contributed by atoms with E-state index in [2.05, 4.69) is 0 Å². The summed E-state index contributed by atoms with van der Waals surface area (Å²) >= 11 is 0. The summed E-state index contributed by atoms with van der Waals surface area (Å²) in [6, 6.07) is 13.2.